The lowest BCUT2D eigenvalue weighted by atomic mass is 9.98. The predicted octanol–water partition coefficient (Wildman–Crippen LogP) is 2.73. The van der Waals surface area contributed by atoms with E-state index in [2.05, 4.69) is 5.32 Å². The van der Waals surface area contributed by atoms with Crippen molar-refractivity contribution in [2.75, 3.05) is 24.2 Å². The topological polar surface area (TPSA) is 84.6 Å². The number of nitrogens with one attached hydrogen (secondary N) is 1. The van der Waals surface area contributed by atoms with Crippen LogP contribution in [0.3, 0.4) is 0 Å². The van der Waals surface area contributed by atoms with Crippen LogP contribution in [-0.2, 0) is 4.74 Å². The number of aromatic carboxylic acids is 1. The van der Waals surface area contributed by atoms with Crippen LogP contribution in [0.5, 0.6) is 0 Å². The third-order valence-corrected chi connectivity index (χ3v) is 3.66. The Balaban J connectivity index is 1.79. The van der Waals surface area contributed by atoms with Crippen LogP contribution >= 0.6 is 0 Å². The molecule has 0 aliphatic heterocycles. The van der Waals surface area contributed by atoms with Crippen molar-refractivity contribution >= 4 is 17.3 Å². The maximum atomic E-state index is 11.0. The van der Waals surface area contributed by atoms with Crippen LogP contribution in [-0.4, -0.2) is 30.3 Å². The van der Waals surface area contributed by atoms with Gasteiger partial charge in [-0.25, -0.2) is 4.79 Å². The van der Waals surface area contributed by atoms with Crippen molar-refractivity contribution in [1.82, 2.24) is 0 Å². The Morgan fingerprint density at radius 2 is 2.10 bits per heavy atom. The first-order chi connectivity index (χ1) is 9.68. The van der Waals surface area contributed by atoms with Gasteiger partial charge in [0.05, 0.1) is 29.6 Å². The highest BCUT2D eigenvalue weighted by molar-refractivity contribution is 5.97. The van der Waals surface area contributed by atoms with Gasteiger partial charge in [-0.05, 0) is 25.0 Å². The number of hydrogen-bond donors (Lipinski definition) is 3. The zero-order valence-electron chi connectivity index (χ0n) is 11.6. The van der Waals surface area contributed by atoms with Crippen LogP contribution in [0.1, 0.15) is 42.5 Å². The summed E-state index contributed by atoms with van der Waals surface area (Å²) < 4.78 is 5.80. The van der Waals surface area contributed by atoms with Gasteiger partial charge in [-0.1, -0.05) is 25.3 Å². The predicted molar refractivity (Wildman–Crippen MR) is 79.1 cm³/mol. The first kappa shape index (κ1) is 14.7. The Morgan fingerprint density at radius 3 is 2.80 bits per heavy atom. The molecular weight excluding hydrogens is 256 g/mol. The molecule has 0 unspecified atom stereocenters. The lowest BCUT2D eigenvalue weighted by Gasteiger charge is -2.22. The van der Waals surface area contributed by atoms with E-state index in [4.69, 9.17) is 15.6 Å². The third kappa shape index (κ3) is 3.87. The number of nitrogen functional groups attached to an aromatic ring is 1. The van der Waals surface area contributed by atoms with Gasteiger partial charge in [0.1, 0.15) is 0 Å². The molecule has 1 aromatic rings. The van der Waals surface area contributed by atoms with Crippen LogP contribution in [0.2, 0.25) is 0 Å². The Labute approximate surface area is 119 Å². The van der Waals surface area contributed by atoms with E-state index in [0.717, 1.165) is 12.8 Å². The van der Waals surface area contributed by atoms with E-state index in [1.807, 2.05) is 0 Å². The molecule has 1 saturated carbocycles. The van der Waals surface area contributed by atoms with Crippen molar-refractivity contribution in [3.05, 3.63) is 23.8 Å². The standard InChI is InChI=1S/C15H22N2O3/c16-14-12(15(18)19)7-4-8-13(14)17-9-10-20-11-5-2-1-3-6-11/h4,7-8,11,17H,1-3,5-6,9-10,16H2,(H,18,19). The molecule has 0 atom stereocenters. The molecule has 1 aliphatic rings. The average molecular weight is 278 g/mol. The molecule has 1 aliphatic carbocycles. The summed E-state index contributed by atoms with van der Waals surface area (Å²) in [5.74, 6) is -1.01. The van der Waals surface area contributed by atoms with Crippen LogP contribution < -0.4 is 11.1 Å². The first-order valence-electron chi connectivity index (χ1n) is 7.15. The summed E-state index contributed by atoms with van der Waals surface area (Å²) in [7, 11) is 0. The minimum absolute atomic E-state index is 0.128. The monoisotopic (exact) mass is 278 g/mol. The molecule has 0 radical (unpaired) electrons. The number of nitrogens with two attached hydrogens (primary N) is 1. The first-order valence-corrected chi connectivity index (χ1v) is 7.15. The highest BCUT2D eigenvalue weighted by Crippen LogP contribution is 2.23. The van der Waals surface area contributed by atoms with E-state index < -0.39 is 5.97 Å². The Bertz CT molecular complexity index is 456. The molecular formula is C15H22N2O3. The number of carbonyl (C=O) groups is 1. The van der Waals surface area contributed by atoms with Crippen molar-refractivity contribution < 1.29 is 14.6 Å². The van der Waals surface area contributed by atoms with Gasteiger partial charge in [-0.2, -0.15) is 0 Å². The Morgan fingerprint density at radius 1 is 1.35 bits per heavy atom. The lowest BCUT2D eigenvalue weighted by molar-refractivity contribution is 0.0347. The van der Waals surface area contributed by atoms with Gasteiger partial charge in [0.25, 0.3) is 0 Å². The number of anilines is 2. The number of ether oxygens (including phenoxy) is 1. The third-order valence-electron chi connectivity index (χ3n) is 3.66. The molecule has 0 bridgehead atoms. The van der Waals surface area contributed by atoms with Crippen molar-refractivity contribution in [1.29, 1.82) is 0 Å². The van der Waals surface area contributed by atoms with Gasteiger partial charge in [0.15, 0.2) is 0 Å². The number of rotatable bonds is 6. The second-order valence-electron chi connectivity index (χ2n) is 5.13. The molecule has 0 heterocycles. The zero-order chi connectivity index (χ0) is 14.4. The molecule has 2 rings (SSSR count). The Kier molecular flexibility index (Phi) is 5.24. The molecule has 1 aromatic carbocycles. The van der Waals surface area contributed by atoms with Crippen LogP contribution in [0.4, 0.5) is 11.4 Å². The molecule has 0 amide bonds. The van der Waals surface area contributed by atoms with Crippen molar-refractivity contribution in [3.63, 3.8) is 0 Å². The molecule has 0 aromatic heterocycles. The van der Waals surface area contributed by atoms with Gasteiger partial charge < -0.3 is 20.9 Å². The average Bonchev–Trinajstić information content (AvgIpc) is 2.46. The molecule has 0 spiro atoms. The largest absolute Gasteiger partial charge is 0.478 e. The number of carboxylic acids is 1. The molecule has 0 saturated heterocycles. The molecule has 4 N–H and O–H groups in total. The second kappa shape index (κ2) is 7.14. The molecule has 110 valence electrons. The minimum Gasteiger partial charge on any atom is -0.478 e. The number of carboxylic acid groups (broad SMARTS) is 1. The van der Waals surface area contributed by atoms with E-state index in [0.29, 0.717) is 24.9 Å². The van der Waals surface area contributed by atoms with E-state index >= 15 is 0 Å². The highest BCUT2D eigenvalue weighted by atomic mass is 16.5. The minimum atomic E-state index is -1.01. The van der Waals surface area contributed by atoms with Gasteiger partial charge in [-0.3, -0.25) is 0 Å². The van der Waals surface area contributed by atoms with Crippen LogP contribution in [0, 0.1) is 0 Å². The SMILES string of the molecule is Nc1c(NCCOC2CCCCC2)cccc1C(=O)O. The zero-order valence-corrected chi connectivity index (χ0v) is 11.6. The van der Waals surface area contributed by atoms with E-state index in [1.165, 1.54) is 25.3 Å². The summed E-state index contributed by atoms with van der Waals surface area (Å²) in [5.41, 5.74) is 6.88. The summed E-state index contributed by atoms with van der Waals surface area (Å²) >= 11 is 0. The molecule has 5 nitrogen and oxygen atoms in total. The molecule has 20 heavy (non-hydrogen) atoms. The Hall–Kier alpha value is -1.75. The summed E-state index contributed by atoms with van der Waals surface area (Å²) in [6.07, 6.45) is 6.51. The van der Waals surface area contributed by atoms with Crippen LogP contribution in [0.15, 0.2) is 18.2 Å². The summed E-state index contributed by atoms with van der Waals surface area (Å²) in [6, 6.07) is 4.97. The van der Waals surface area contributed by atoms with Crippen LogP contribution in [0.25, 0.3) is 0 Å². The molecule has 1 fully saturated rings. The smallest absolute Gasteiger partial charge is 0.337 e. The maximum absolute atomic E-state index is 11.0. The van der Waals surface area contributed by atoms with Gasteiger partial charge in [-0.15, -0.1) is 0 Å². The van der Waals surface area contributed by atoms with Crippen molar-refractivity contribution in [3.8, 4) is 0 Å². The summed E-state index contributed by atoms with van der Waals surface area (Å²) in [4.78, 5) is 11.0. The quantitative estimate of drug-likeness (QED) is 0.550. The van der Waals surface area contributed by atoms with Crippen molar-refractivity contribution in [2.45, 2.75) is 38.2 Å². The number of para-hydroxylation sites is 1. The van der Waals surface area contributed by atoms with Gasteiger partial charge in [0.2, 0.25) is 0 Å². The van der Waals surface area contributed by atoms with Gasteiger partial charge >= 0.3 is 5.97 Å². The normalized spacial score (nSPS) is 16.0. The fourth-order valence-electron chi connectivity index (χ4n) is 2.55. The summed E-state index contributed by atoms with van der Waals surface area (Å²) in [5, 5.41) is 12.1. The number of hydrogen-bond acceptors (Lipinski definition) is 4. The van der Waals surface area contributed by atoms with E-state index in [-0.39, 0.29) is 11.3 Å². The highest BCUT2D eigenvalue weighted by Gasteiger charge is 2.13. The molecule has 5 heteroatoms. The maximum Gasteiger partial charge on any atom is 0.337 e. The lowest BCUT2D eigenvalue weighted by Crippen LogP contribution is -2.20. The number of benzene rings is 1. The van der Waals surface area contributed by atoms with E-state index in [1.54, 1.807) is 12.1 Å². The fraction of sp³-hybridized carbons (Fsp3) is 0.533. The fourth-order valence-corrected chi connectivity index (χ4v) is 2.55. The summed E-state index contributed by atoms with van der Waals surface area (Å²) in [6.45, 7) is 1.24. The van der Waals surface area contributed by atoms with Gasteiger partial charge in [0, 0.05) is 6.54 Å². The van der Waals surface area contributed by atoms with E-state index in [9.17, 15) is 4.79 Å². The van der Waals surface area contributed by atoms with Crippen molar-refractivity contribution in [2.24, 2.45) is 0 Å². The second-order valence-corrected chi connectivity index (χ2v) is 5.13.